The first-order chi connectivity index (χ1) is 10.4. The van der Waals surface area contributed by atoms with Gasteiger partial charge in [-0.15, -0.1) is 0 Å². The van der Waals surface area contributed by atoms with Crippen LogP contribution in [0.3, 0.4) is 0 Å². The van der Waals surface area contributed by atoms with Crippen molar-refractivity contribution in [2.24, 2.45) is 0 Å². The van der Waals surface area contributed by atoms with Gasteiger partial charge in [0.05, 0.1) is 4.90 Å². The molecule has 0 aromatic heterocycles. The molecule has 0 aliphatic heterocycles. The second kappa shape index (κ2) is 6.53. The summed E-state index contributed by atoms with van der Waals surface area (Å²) in [4.78, 5) is -0.265. The Hall–Kier alpha value is -1.80. The summed E-state index contributed by atoms with van der Waals surface area (Å²) in [5.41, 5.74) is 0.993. The third-order valence-corrected chi connectivity index (χ3v) is 5.44. The Bertz CT molecular complexity index is 862. The lowest BCUT2D eigenvalue weighted by Crippen LogP contribution is -2.05. The summed E-state index contributed by atoms with van der Waals surface area (Å²) in [6.07, 6.45) is 0. The molecule has 0 fully saturated rings. The Morgan fingerprint density at radius 3 is 1.86 bits per heavy atom. The lowest BCUT2D eigenvalue weighted by Gasteiger charge is -2.08. The first-order valence-electron chi connectivity index (χ1n) is 6.24. The van der Waals surface area contributed by atoms with Crippen LogP contribution in [0.15, 0.2) is 58.3 Å². The number of halogens is 2. The largest absolute Gasteiger partial charge is 0.218 e. The molecule has 112 valence electrons. The molecule has 0 N–H and O–H groups in total. The fourth-order valence-electron chi connectivity index (χ4n) is 1.91. The van der Waals surface area contributed by atoms with Crippen LogP contribution in [0.4, 0.5) is 0 Å². The van der Waals surface area contributed by atoms with E-state index in [9.17, 15) is 13.7 Å². The average Bonchev–Trinajstić information content (AvgIpc) is 2.48. The molecule has 3 nitrogen and oxygen atoms in total. The highest BCUT2D eigenvalue weighted by atomic mass is 35.5. The highest BCUT2D eigenvalue weighted by Gasteiger charge is 2.23. The highest BCUT2D eigenvalue weighted by Crippen LogP contribution is 2.28. The molecule has 22 heavy (non-hydrogen) atoms. The van der Waals surface area contributed by atoms with Gasteiger partial charge < -0.3 is 0 Å². The van der Waals surface area contributed by atoms with Gasteiger partial charge in [0.25, 0.3) is 0 Å². The zero-order valence-corrected chi connectivity index (χ0v) is 13.9. The summed E-state index contributed by atoms with van der Waals surface area (Å²) >= 11 is 11.6. The van der Waals surface area contributed by atoms with Crippen molar-refractivity contribution in [1.29, 1.82) is 5.26 Å². The number of nitriles is 1. The quantitative estimate of drug-likeness (QED) is 0.751. The van der Waals surface area contributed by atoms with Gasteiger partial charge in [0, 0.05) is 10.0 Å². The molecule has 0 spiro atoms. The van der Waals surface area contributed by atoms with E-state index in [0.29, 0.717) is 21.2 Å². The number of nitrogens with zero attached hydrogens (tertiary/aromatic N) is 1. The molecule has 0 bridgehead atoms. The SMILES string of the molecule is CC(=C(C#N)S(=O)(=O)c1ccc(Cl)cc1)c1ccc(Cl)cc1. The second-order valence-corrected chi connectivity index (χ2v) is 7.29. The lowest BCUT2D eigenvalue weighted by molar-refractivity contribution is 0.603. The van der Waals surface area contributed by atoms with Crippen molar-refractivity contribution >= 4 is 38.6 Å². The van der Waals surface area contributed by atoms with Crippen LogP contribution in [-0.4, -0.2) is 8.42 Å². The van der Waals surface area contributed by atoms with Crippen LogP contribution in [-0.2, 0) is 9.84 Å². The molecule has 2 aromatic carbocycles. The van der Waals surface area contributed by atoms with Crippen molar-refractivity contribution in [3.8, 4) is 6.07 Å². The van der Waals surface area contributed by atoms with Crippen LogP contribution >= 0.6 is 23.2 Å². The Kier molecular flexibility index (Phi) is 4.92. The normalized spacial score (nSPS) is 12.5. The minimum atomic E-state index is -3.90. The molecular formula is C16H11Cl2NO2S. The van der Waals surface area contributed by atoms with Gasteiger partial charge in [-0.2, -0.15) is 5.26 Å². The maximum Gasteiger partial charge on any atom is 0.216 e. The molecule has 0 aliphatic rings. The van der Waals surface area contributed by atoms with Crippen molar-refractivity contribution < 1.29 is 8.42 Å². The van der Waals surface area contributed by atoms with Gasteiger partial charge in [0.15, 0.2) is 4.91 Å². The minimum Gasteiger partial charge on any atom is -0.218 e. The molecule has 0 aliphatic carbocycles. The van der Waals surface area contributed by atoms with E-state index < -0.39 is 9.84 Å². The highest BCUT2D eigenvalue weighted by molar-refractivity contribution is 7.95. The number of sulfone groups is 1. The minimum absolute atomic E-state index is 0.0294. The first kappa shape index (κ1) is 16.6. The van der Waals surface area contributed by atoms with Gasteiger partial charge in [-0.3, -0.25) is 0 Å². The predicted octanol–water partition coefficient (Wildman–Crippen LogP) is 4.72. The number of hydrogen-bond donors (Lipinski definition) is 0. The van der Waals surface area contributed by atoms with E-state index >= 15 is 0 Å². The van der Waals surface area contributed by atoms with Gasteiger partial charge in [0.1, 0.15) is 6.07 Å². The van der Waals surface area contributed by atoms with Gasteiger partial charge in [-0.25, -0.2) is 8.42 Å². The maximum atomic E-state index is 12.6. The Morgan fingerprint density at radius 1 is 0.955 bits per heavy atom. The molecular weight excluding hydrogens is 341 g/mol. The molecule has 0 amide bonds. The Morgan fingerprint density at radius 2 is 1.41 bits per heavy atom. The number of allylic oxidation sites excluding steroid dienone is 2. The molecule has 0 saturated carbocycles. The van der Waals surface area contributed by atoms with Crippen LogP contribution in [0.2, 0.25) is 10.0 Å². The van der Waals surface area contributed by atoms with Crippen molar-refractivity contribution in [2.75, 3.05) is 0 Å². The van der Waals surface area contributed by atoms with Gasteiger partial charge >= 0.3 is 0 Å². The van der Waals surface area contributed by atoms with E-state index in [2.05, 4.69) is 0 Å². The number of rotatable bonds is 3. The van der Waals surface area contributed by atoms with E-state index in [1.54, 1.807) is 37.3 Å². The van der Waals surface area contributed by atoms with E-state index in [1.807, 2.05) is 0 Å². The van der Waals surface area contributed by atoms with E-state index in [0.717, 1.165) is 0 Å². The van der Waals surface area contributed by atoms with E-state index in [4.69, 9.17) is 23.2 Å². The van der Waals surface area contributed by atoms with Crippen LogP contribution in [0.25, 0.3) is 5.57 Å². The van der Waals surface area contributed by atoms with E-state index in [1.165, 1.54) is 24.3 Å². The van der Waals surface area contributed by atoms with Crippen molar-refractivity contribution in [2.45, 2.75) is 11.8 Å². The molecule has 0 radical (unpaired) electrons. The first-order valence-corrected chi connectivity index (χ1v) is 8.47. The lowest BCUT2D eigenvalue weighted by atomic mass is 10.1. The predicted molar refractivity (Wildman–Crippen MR) is 88.3 cm³/mol. The summed E-state index contributed by atoms with van der Waals surface area (Å²) in [6, 6.07) is 14.1. The molecule has 0 atom stereocenters. The summed E-state index contributed by atoms with van der Waals surface area (Å²) in [7, 11) is -3.90. The summed E-state index contributed by atoms with van der Waals surface area (Å²) in [6.45, 7) is 1.59. The van der Waals surface area contributed by atoms with E-state index in [-0.39, 0.29) is 9.80 Å². The van der Waals surface area contributed by atoms with Crippen molar-refractivity contribution in [1.82, 2.24) is 0 Å². The van der Waals surface area contributed by atoms with Crippen LogP contribution < -0.4 is 0 Å². The fraction of sp³-hybridized carbons (Fsp3) is 0.0625. The fourth-order valence-corrected chi connectivity index (χ4v) is 3.53. The van der Waals surface area contributed by atoms with Crippen LogP contribution in [0.5, 0.6) is 0 Å². The van der Waals surface area contributed by atoms with Gasteiger partial charge in [-0.1, -0.05) is 35.3 Å². The third-order valence-electron chi connectivity index (χ3n) is 3.11. The van der Waals surface area contributed by atoms with Gasteiger partial charge in [0.2, 0.25) is 9.84 Å². The Labute approximate surface area is 139 Å². The monoisotopic (exact) mass is 351 g/mol. The standard InChI is InChI=1S/C16H11Cl2NO2S/c1-11(12-2-4-13(17)5-3-12)16(10-19)22(20,21)15-8-6-14(18)7-9-15/h2-9H,1H3. The molecule has 0 heterocycles. The zero-order chi connectivity index (χ0) is 16.3. The van der Waals surface area contributed by atoms with Crippen molar-refractivity contribution in [3.63, 3.8) is 0 Å². The molecule has 2 rings (SSSR count). The zero-order valence-electron chi connectivity index (χ0n) is 11.5. The second-order valence-electron chi connectivity index (χ2n) is 4.53. The van der Waals surface area contributed by atoms with Gasteiger partial charge in [-0.05, 0) is 54.5 Å². The van der Waals surface area contributed by atoms with Crippen LogP contribution in [0, 0.1) is 11.3 Å². The molecule has 2 aromatic rings. The summed E-state index contributed by atoms with van der Waals surface area (Å²) in [5.74, 6) is 0. The number of benzene rings is 2. The number of hydrogen-bond acceptors (Lipinski definition) is 3. The molecule has 0 unspecified atom stereocenters. The Balaban J connectivity index is 2.59. The smallest absolute Gasteiger partial charge is 0.216 e. The maximum absolute atomic E-state index is 12.6. The third kappa shape index (κ3) is 3.33. The summed E-state index contributed by atoms with van der Waals surface area (Å²) in [5, 5.41) is 10.3. The molecule has 6 heteroatoms. The van der Waals surface area contributed by atoms with Crippen molar-refractivity contribution in [3.05, 3.63) is 69.0 Å². The van der Waals surface area contributed by atoms with Crippen LogP contribution in [0.1, 0.15) is 12.5 Å². The topological polar surface area (TPSA) is 57.9 Å². The average molecular weight is 352 g/mol. The molecule has 0 saturated heterocycles. The summed E-state index contributed by atoms with van der Waals surface area (Å²) < 4.78 is 25.2.